The molecule has 0 aliphatic carbocycles. The first-order valence-electron chi connectivity index (χ1n) is 16.4. The van der Waals surface area contributed by atoms with Crippen molar-refractivity contribution in [1.82, 2.24) is 0 Å². The van der Waals surface area contributed by atoms with E-state index in [0.29, 0.717) is 24.8 Å². The van der Waals surface area contributed by atoms with Crippen molar-refractivity contribution in [2.24, 2.45) is 0 Å². The second-order valence-electron chi connectivity index (χ2n) is 14.3. The van der Waals surface area contributed by atoms with Crippen molar-refractivity contribution in [1.29, 1.82) is 0 Å². The van der Waals surface area contributed by atoms with E-state index in [9.17, 15) is 9.59 Å². The predicted molar refractivity (Wildman–Crippen MR) is 204 cm³/mol. The highest BCUT2D eigenvalue weighted by Gasteiger charge is 2.37. The molecule has 7 rings (SSSR count). The zero-order valence-electron chi connectivity index (χ0n) is 28.2. The summed E-state index contributed by atoms with van der Waals surface area (Å²) in [5.41, 5.74) is 9.31. The minimum atomic E-state index is -0.375. The number of ether oxygens (including phenoxy) is 1. The minimum absolute atomic E-state index is 0.0211. The molecular formula is C39H40Cl2N2O3S2. The molecule has 0 bridgehead atoms. The van der Waals surface area contributed by atoms with Gasteiger partial charge in [0.25, 0.3) is 0 Å². The van der Waals surface area contributed by atoms with Crippen molar-refractivity contribution in [3.63, 3.8) is 0 Å². The van der Waals surface area contributed by atoms with Crippen LogP contribution < -0.4 is 14.5 Å². The first-order chi connectivity index (χ1) is 22.9. The maximum Gasteiger partial charge on any atom is 0.231 e. The van der Waals surface area contributed by atoms with E-state index in [4.69, 9.17) is 27.9 Å². The molecule has 2 aliphatic heterocycles. The lowest BCUT2D eigenvalue weighted by atomic mass is 9.95. The molecule has 0 saturated carbocycles. The van der Waals surface area contributed by atoms with Gasteiger partial charge in [-0.05, 0) is 97.3 Å². The molecule has 0 spiro atoms. The maximum absolute atomic E-state index is 13.9. The van der Waals surface area contributed by atoms with Crippen LogP contribution >= 0.6 is 45.9 Å². The summed E-state index contributed by atoms with van der Waals surface area (Å²) >= 11 is 16.4. The Bertz CT molecular complexity index is 2080. The highest BCUT2D eigenvalue weighted by atomic mass is 35.5. The number of anilines is 2. The Morgan fingerprint density at radius 2 is 1.21 bits per heavy atom. The van der Waals surface area contributed by atoms with Crippen LogP contribution in [0, 0.1) is 20.8 Å². The Kier molecular flexibility index (Phi) is 8.81. The SMILES string of the molecule is Cc1cc2c(c3c(C)csc13)[C@H](CCl)CN2C(=O)Cc1ccc(CC(=O)N2C[C@@H](CCl)c3c2cc(OC(C)(C)C)c2scc(C)c32)cc1. The third kappa shape index (κ3) is 5.81. The second kappa shape index (κ2) is 12.7. The van der Waals surface area contributed by atoms with E-state index >= 15 is 0 Å². The van der Waals surface area contributed by atoms with Gasteiger partial charge in [0, 0.05) is 63.9 Å². The van der Waals surface area contributed by atoms with Crippen LogP contribution in [0.4, 0.5) is 11.4 Å². The monoisotopic (exact) mass is 718 g/mol. The van der Waals surface area contributed by atoms with Crippen LogP contribution in [0.25, 0.3) is 20.2 Å². The number of rotatable bonds is 7. The molecule has 2 aromatic heterocycles. The van der Waals surface area contributed by atoms with Crippen molar-refractivity contribution in [3.8, 4) is 5.75 Å². The molecule has 4 heterocycles. The summed E-state index contributed by atoms with van der Waals surface area (Å²) in [4.78, 5) is 31.5. The van der Waals surface area contributed by atoms with Gasteiger partial charge < -0.3 is 14.5 Å². The average Bonchev–Trinajstić information content (AvgIpc) is 3.80. The summed E-state index contributed by atoms with van der Waals surface area (Å²) < 4.78 is 8.80. The van der Waals surface area contributed by atoms with E-state index in [1.807, 2.05) is 60.9 Å². The Labute approximate surface area is 300 Å². The molecule has 0 N–H and O–H groups in total. The smallest absolute Gasteiger partial charge is 0.231 e. The standard InChI is InChI=1S/C39H40Cl2N2O3S2/c1-21-11-28-35(33-22(2)19-47-37(21)33)26(15-40)17-42(28)31(44)12-24-7-9-25(10-8-24)13-32(45)43-18-27(16-41)36-29(43)14-30(46-39(4,5)6)38-34(36)23(3)20-48-38/h7-11,14,19-20,26-27H,12-13,15-18H2,1-6H3/t26-,27-/m1/s1. The fraction of sp³-hybridized carbons (Fsp3) is 0.385. The number of aryl methyl sites for hydroxylation is 3. The number of nitrogens with zero attached hydrogens (tertiary/aromatic N) is 2. The van der Waals surface area contributed by atoms with Gasteiger partial charge in [-0.3, -0.25) is 9.59 Å². The van der Waals surface area contributed by atoms with Gasteiger partial charge in [0.05, 0.1) is 23.2 Å². The number of fused-ring (bicyclic) bond motifs is 6. The summed E-state index contributed by atoms with van der Waals surface area (Å²) in [5.74, 6) is 1.96. The number of halogens is 2. The number of benzene rings is 3. The Hall–Kier alpha value is -3.10. The fourth-order valence-corrected chi connectivity index (χ4v) is 10.0. The molecule has 2 atom stereocenters. The number of hydrogen-bond donors (Lipinski definition) is 0. The molecule has 0 fully saturated rings. The lowest BCUT2D eigenvalue weighted by Gasteiger charge is -2.24. The van der Waals surface area contributed by atoms with Gasteiger partial charge in [-0.15, -0.1) is 45.9 Å². The van der Waals surface area contributed by atoms with Gasteiger partial charge in [0.2, 0.25) is 11.8 Å². The van der Waals surface area contributed by atoms with Gasteiger partial charge in [0.15, 0.2) is 0 Å². The normalized spacial score (nSPS) is 17.4. The Balaban J connectivity index is 1.10. The van der Waals surface area contributed by atoms with E-state index in [2.05, 4.69) is 37.6 Å². The number of amides is 2. The van der Waals surface area contributed by atoms with Gasteiger partial charge in [-0.1, -0.05) is 24.3 Å². The van der Waals surface area contributed by atoms with Crippen LogP contribution in [0.2, 0.25) is 0 Å². The summed E-state index contributed by atoms with van der Waals surface area (Å²) in [7, 11) is 0. The van der Waals surface area contributed by atoms with Crippen LogP contribution in [-0.4, -0.2) is 42.3 Å². The molecule has 2 aliphatic rings. The molecule has 3 aromatic carbocycles. The first kappa shape index (κ1) is 33.4. The summed E-state index contributed by atoms with van der Waals surface area (Å²) in [5, 5.41) is 6.78. The van der Waals surface area contributed by atoms with E-state index in [0.717, 1.165) is 43.9 Å². The van der Waals surface area contributed by atoms with Crippen LogP contribution in [0.1, 0.15) is 71.6 Å². The average molecular weight is 720 g/mol. The minimum Gasteiger partial charge on any atom is -0.487 e. The zero-order valence-corrected chi connectivity index (χ0v) is 31.4. The van der Waals surface area contributed by atoms with E-state index in [1.54, 1.807) is 22.7 Å². The Morgan fingerprint density at radius 3 is 1.69 bits per heavy atom. The highest BCUT2D eigenvalue weighted by Crippen LogP contribution is 2.50. The zero-order chi connectivity index (χ0) is 34.1. The van der Waals surface area contributed by atoms with Crippen molar-refractivity contribution in [2.45, 2.75) is 71.8 Å². The predicted octanol–water partition coefficient (Wildman–Crippen LogP) is 10.0. The molecule has 2 amide bonds. The van der Waals surface area contributed by atoms with Gasteiger partial charge in [-0.25, -0.2) is 0 Å². The summed E-state index contributed by atoms with van der Waals surface area (Å²) in [6.07, 6.45) is 0.538. The number of hydrogen-bond acceptors (Lipinski definition) is 5. The molecule has 250 valence electrons. The molecule has 48 heavy (non-hydrogen) atoms. The lowest BCUT2D eigenvalue weighted by molar-refractivity contribution is -0.118. The highest BCUT2D eigenvalue weighted by molar-refractivity contribution is 7.18. The molecule has 9 heteroatoms. The molecular weight excluding hydrogens is 679 g/mol. The van der Waals surface area contributed by atoms with Crippen LogP contribution in [0.3, 0.4) is 0 Å². The number of alkyl halides is 2. The van der Waals surface area contributed by atoms with E-state index in [-0.39, 0.29) is 42.1 Å². The molecule has 5 nitrogen and oxygen atoms in total. The number of carbonyl (C=O) groups excluding carboxylic acids is 2. The number of carbonyl (C=O) groups is 2. The Morgan fingerprint density at radius 1 is 0.750 bits per heavy atom. The summed E-state index contributed by atoms with van der Waals surface area (Å²) in [6.45, 7) is 13.6. The van der Waals surface area contributed by atoms with Crippen molar-refractivity contribution in [2.75, 3.05) is 34.6 Å². The third-order valence-corrected chi connectivity index (χ3v) is 12.7. The topological polar surface area (TPSA) is 49.9 Å². The molecule has 0 radical (unpaired) electrons. The van der Waals surface area contributed by atoms with Gasteiger partial charge >= 0.3 is 0 Å². The summed E-state index contributed by atoms with van der Waals surface area (Å²) in [6, 6.07) is 12.1. The van der Waals surface area contributed by atoms with Crippen LogP contribution in [-0.2, 0) is 22.4 Å². The van der Waals surface area contributed by atoms with Gasteiger partial charge in [0.1, 0.15) is 11.4 Å². The second-order valence-corrected chi connectivity index (χ2v) is 16.7. The fourth-order valence-electron chi connectivity index (χ4n) is 7.44. The largest absolute Gasteiger partial charge is 0.487 e. The molecule has 5 aromatic rings. The van der Waals surface area contributed by atoms with Crippen molar-refractivity contribution >= 4 is 89.2 Å². The van der Waals surface area contributed by atoms with Crippen molar-refractivity contribution < 1.29 is 14.3 Å². The van der Waals surface area contributed by atoms with Crippen LogP contribution in [0.5, 0.6) is 5.75 Å². The van der Waals surface area contributed by atoms with E-state index < -0.39 is 0 Å². The number of thiophene rings is 2. The molecule has 0 saturated heterocycles. The quantitative estimate of drug-likeness (QED) is 0.157. The van der Waals surface area contributed by atoms with E-state index in [1.165, 1.54) is 32.3 Å². The maximum atomic E-state index is 13.9. The van der Waals surface area contributed by atoms with Gasteiger partial charge in [-0.2, -0.15) is 0 Å². The first-order valence-corrected chi connectivity index (χ1v) is 19.3. The van der Waals surface area contributed by atoms with Crippen LogP contribution in [0.15, 0.2) is 47.2 Å². The third-order valence-electron chi connectivity index (χ3n) is 9.57. The lowest BCUT2D eigenvalue weighted by Crippen LogP contribution is -2.32. The van der Waals surface area contributed by atoms with Crippen molar-refractivity contribution in [3.05, 3.63) is 86.1 Å². The molecule has 0 unspecified atom stereocenters.